The van der Waals surface area contributed by atoms with Gasteiger partial charge in [0.25, 0.3) is 5.91 Å². The minimum Gasteiger partial charge on any atom is -0.452 e. The Kier molecular flexibility index (Phi) is 5.61. The molecule has 0 saturated heterocycles. The van der Waals surface area contributed by atoms with E-state index in [1.54, 1.807) is 11.4 Å². The summed E-state index contributed by atoms with van der Waals surface area (Å²) in [6.07, 6.45) is -5.44. The number of thiophene rings is 1. The number of rotatable bonds is 5. The van der Waals surface area contributed by atoms with Gasteiger partial charge in [0.1, 0.15) is 0 Å². The van der Waals surface area contributed by atoms with Crippen LogP contribution in [0.4, 0.5) is 18.9 Å². The van der Waals surface area contributed by atoms with E-state index >= 15 is 0 Å². The summed E-state index contributed by atoms with van der Waals surface area (Å²) >= 11 is 1.44. The van der Waals surface area contributed by atoms with Crippen molar-refractivity contribution in [2.24, 2.45) is 0 Å². The average Bonchev–Trinajstić information content (AvgIpc) is 2.99. The first kappa shape index (κ1) is 18.0. The molecule has 1 N–H and O–H groups in total. The Balaban J connectivity index is 1.88. The molecule has 2 rings (SSSR count). The van der Waals surface area contributed by atoms with Crippen molar-refractivity contribution in [2.45, 2.75) is 25.6 Å². The summed E-state index contributed by atoms with van der Waals surface area (Å²) in [5, 5.41) is 6.03. The topological polar surface area (TPSA) is 55.4 Å². The molecule has 0 fully saturated rings. The van der Waals surface area contributed by atoms with Gasteiger partial charge in [0, 0.05) is 5.69 Å². The lowest BCUT2D eigenvalue weighted by atomic mass is 10.2. The number of nitrogens with one attached hydrogen (secondary N) is 1. The lowest BCUT2D eigenvalue weighted by Crippen LogP contribution is -2.30. The number of anilines is 1. The Morgan fingerprint density at radius 3 is 2.42 bits per heavy atom. The Morgan fingerprint density at radius 1 is 1.21 bits per heavy atom. The monoisotopic (exact) mass is 357 g/mol. The van der Waals surface area contributed by atoms with Gasteiger partial charge in [0.15, 0.2) is 6.10 Å². The predicted molar refractivity (Wildman–Crippen MR) is 83.7 cm³/mol. The van der Waals surface area contributed by atoms with Crippen LogP contribution in [0.15, 0.2) is 41.1 Å². The fourth-order valence-electron chi connectivity index (χ4n) is 1.84. The highest BCUT2D eigenvalue weighted by Gasteiger charge is 2.30. The fourth-order valence-corrected chi connectivity index (χ4v) is 2.51. The van der Waals surface area contributed by atoms with Gasteiger partial charge >= 0.3 is 12.1 Å². The second-order valence-corrected chi connectivity index (χ2v) is 5.78. The molecule has 0 saturated carbocycles. The lowest BCUT2D eigenvalue weighted by Gasteiger charge is -2.14. The maximum Gasteiger partial charge on any atom is 0.416 e. The molecule has 24 heavy (non-hydrogen) atoms. The predicted octanol–water partition coefficient (Wildman–Crippen LogP) is 3.88. The van der Waals surface area contributed by atoms with Crippen molar-refractivity contribution in [3.8, 4) is 0 Å². The molecule has 1 aromatic carbocycles. The summed E-state index contributed by atoms with van der Waals surface area (Å²) in [6.45, 7) is 1.39. The highest BCUT2D eigenvalue weighted by atomic mass is 32.1. The van der Waals surface area contributed by atoms with Gasteiger partial charge in [-0.25, -0.2) is 0 Å². The van der Waals surface area contributed by atoms with Gasteiger partial charge in [-0.2, -0.15) is 24.5 Å². The van der Waals surface area contributed by atoms with Gasteiger partial charge in [-0.1, -0.05) is 0 Å². The van der Waals surface area contributed by atoms with Crippen molar-refractivity contribution in [1.82, 2.24) is 0 Å². The second-order valence-electron chi connectivity index (χ2n) is 5.00. The van der Waals surface area contributed by atoms with Crippen LogP contribution in [0.2, 0.25) is 0 Å². The van der Waals surface area contributed by atoms with Crippen LogP contribution in [0, 0.1) is 0 Å². The number of alkyl halides is 3. The molecule has 0 unspecified atom stereocenters. The van der Waals surface area contributed by atoms with E-state index in [1.807, 2.05) is 5.38 Å². The van der Waals surface area contributed by atoms with Gasteiger partial charge in [-0.3, -0.25) is 9.59 Å². The van der Waals surface area contributed by atoms with Gasteiger partial charge in [-0.15, -0.1) is 0 Å². The average molecular weight is 357 g/mol. The Labute approximate surface area is 140 Å². The highest BCUT2D eigenvalue weighted by molar-refractivity contribution is 7.07. The molecule has 0 spiro atoms. The molecule has 1 amide bonds. The first-order valence-corrected chi connectivity index (χ1v) is 7.88. The molecule has 0 aliphatic carbocycles. The maximum atomic E-state index is 12.5. The maximum absolute atomic E-state index is 12.5. The van der Waals surface area contributed by atoms with Crippen LogP contribution in [0.25, 0.3) is 0 Å². The summed E-state index contributed by atoms with van der Waals surface area (Å²) in [4.78, 5) is 23.6. The van der Waals surface area contributed by atoms with Gasteiger partial charge < -0.3 is 10.1 Å². The molecule has 1 heterocycles. The van der Waals surface area contributed by atoms with Gasteiger partial charge in [0.2, 0.25) is 0 Å². The van der Waals surface area contributed by atoms with E-state index in [4.69, 9.17) is 4.74 Å². The molecule has 1 atom stereocenters. The van der Waals surface area contributed by atoms with Crippen molar-refractivity contribution in [2.75, 3.05) is 5.32 Å². The van der Waals surface area contributed by atoms with E-state index in [0.29, 0.717) is 0 Å². The third-order valence-electron chi connectivity index (χ3n) is 3.09. The largest absolute Gasteiger partial charge is 0.452 e. The van der Waals surface area contributed by atoms with Crippen LogP contribution < -0.4 is 5.32 Å². The Bertz CT molecular complexity index is 696. The van der Waals surface area contributed by atoms with E-state index in [2.05, 4.69) is 5.32 Å². The van der Waals surface area contributed by atoms with Crippen LogP contribution in [-0.2, 0) is 26.9 Å². The molecular weight excluding hydrogens is 343 g/mol. The summed E-state index contributed by atoms with van der Waals surface area (Å²) in [6, 6.07) is 5.78. The molecule has 2 aromatic rings. The first-order valence-electron chi connectivity index (χ1n) is 6.94. The van der Waals surface area contributed by atoms with Crippen LogP contribution in [0.3, 0.4) is 0 Å². The molecule has 0 aliphatic heterocycles. The van der Waals surface area contributed by atoms with Crippen molar-refractivity contribution in [3.05, 3.63) is 52.2 Å². The number of ether oxygens (including phenoxy) is 1. The molecule has 0 radical (unpaired) electrons. The summed E-state index contributed by atoms with van der Waals surface area (Å²) < 4.78 is 42.4. The van der Waals surface area contributed by atoms with E-state index in [9.17, 15) is 22.8 Å². The summed E-state index contributed by atoms with van der Waals surface area (Å²) in [5.74, 6) is -1.17. The first-order chi connectivity index (χ1) is 11.3. The zero-order valence-electron chi connectivity index (χ0n) is 12.6. The number of amides is 1. The number of halogens is 3. The number of hydrogen-bond acceptors (Lipinski definition) is 4. The minimum atomic E-state index is -4.44. The molecule has 8 heteroatoms. The van der Waals surface area contributed by atoms with Crippen LogP contribution >= 0.6 is 11.3 Å². The molecule has 0 aliphatic rings. The number of benzene rings is 1. The minimum absolute atomic E-state index is 0.0569. The van der Waals surface area contributed by atoms with Crippen LogP contribution in [0.1, 0.15) is 18.1 Å². The standard InChI is InChI=1S/C16H14F3NO3S/c1-10(23-14(21)8-11-6-7-24-9-11)15(22)20-13-4-2-12(3-5-13)16(17,18)19/h2-7,9-10H,8H2,1H3,(H,20,22)/t10-/m1/s1. The van der Waals surface area contributed by atoms with Gasteiger partial charge in [0.05, 0.1) is 12.0 Å². The van der Waals surface area contributed by atoms with E-state index in [0.717, 1.165) is 29.8 Å². The lowest BCUT2D eigenvalue weighted by molar-refractivity contribution is -0.152. The number of esters is 1. The van der Waals surface area contributed by atoms with E-state index < -0.39 is 29.7 Å². The Morgan fingerprint density at radius 2 is 1.88 bits per heavy atom. The third-order valence-corrected chi connectivity index (χ3v) is 3.82. The molecule has 4 nitrogen and oxygen atoms in total. The SMILES string of the molecule is C[C@@H](OC(=O)Cc1ccsc1)C(=O)Nc1ccc(C(F)(F)F)cc1. The zero-order valence-corrected chi connectivity index (χ0v) is 13.4. The fraction of sp³-hybridized carbons (Fsp3) is 0.250. The summed E-state index contributed by atoms with van der Waals surface area (Å²) in [7, 11) is 0. The molecule has 1 aromatic heterocycles. The van der Waals surface area contributed by atoms with Gasteiger partial charge in [-0.05, 0) is 53.6 Å². The zero-order chi connectivity index (χ0) is 17.7. The summed E-state index contributed by atoms with van der Waals surface area (Å²) in [5.41, 5.74) is 0.171. The molecular formula is C16H14F3NO3S. The quantitative estimate of drug-likeness (QED) is 0.827. The van der Waals surface area contributed by atoms with E-state index in [1.165, 1.54) is 18.3 Å². The van der Waals surface area contributed by atoms with Crippen LogP contribution in [-0.4, -0.2) is 18.0 Å². The van der Waals surface area contributed by atoms with Crippen molar-refractivity contribution >= 4 is 28.9 Å². The normalized spacial score (nSPS) is 12.5. The third kappa shape index (κ3) is 5.09. The van der Waals surface area contributed by atoms with Crippen molar-refractivity contribution < 1.29 is 27.5 Å². The number of hydrogen-bond donors (Lipinski definition) is 1. The van der Waals surface area contributed by atoms with Crippen LogP contribution in [0.5, 0.6) is 0 Å². The smallest absolute Gasteiger partial charge is 0.416 e. The number of carbonyl (C=O) groups is 2. The van der Waals surface area contributed by atoms with Crippen molar-refractivity contribution in [3.63, 3.8) is 0 Å². The van der Waals surface area contributed by atoms with Crippen molar-refractivity contribution in [1.29, 1.82) is 0 Å². The molecule has 0 bridgehead atoms. The second kappa shape index (κ2) is 7.48. The Hall–Kier alpha value is -2.35. The number of carbonyl (C=O) groups excluding carboxylic acids is 2. The van der Waals surface area contributed by atoms with E-state index in [-0.39, 0.29) is 12.1 Å². The molecule has 128 valence electrons. The highest BCUT2D eigenvalue weighted by Crippen LogP contribution is 2.29.